The topological polar surface area (TPSA) is 81.7 Å². The van der Waals surface area contributed by atoms with E-state index in [4.69, 9.17) is 0 Å². The maximum absolute atomic E-state index is 13.0. The van der Waals surface area contributed by atoms with E-state index < -0.39 is 18.0 Å². The van der Waals surface area contributed by atoms with Crippen LogP contribution in [-0.2, 0) is 11.3 Å². The van der Waals surface area contributed by atoms with E-state index in [0.29, 0.717) is 11.3 Å². The first-order chi connectivity index (χ1) is 13.6. The molecule has 3 aromatic rings. The smallest absolute Gasteiger partial charge is 0.408 e. The zero-order valence-electron chi connectivity index (χ0n) is 15.2. The molecule has 2 amide bonds. The first-order valence-corrected chi connectivity index (χ1v) is 8.84. The Labute approximate surface area is 163 Å². The van der Waals surface area contributed by atoms with Crippen molar-refractivity contribution in [3.63, 3.8) is 0 Å². The Morgan fingerprint density at radius 1 is 0.821 bits per heavy atom. The maximum Gasteiger partial charge on any atom is 0.408 e. The van der Waals surface area contributed by atoms with Gasteiger partial charge in [-0.05, 0) is 23.3 Å². The molecule has 0 aliphatic rings. The van der Waals surface area contributed by atoms with Crippen LogP contribution in [0.3, 0.4) is 0 Å². The number of hydrazine groups is 1. The van der Waals surface area contributed by atoms with E-state index in [-0.39, 0.29) is 6.54 Å². The zero-order chi connectivity index (χ0) is 19.8. The highest BCUT2D eigenvalue weighted by molar-refractivity contribution is 5.87. The lowest BCUT2D eigenvalue weighted by Gasteiger charge is -2.29. The van der Waals surface area contributed by atoms with Crippen molar-refractivity contribution in [3.05, 3.63) is 102 Å². The van der Waals surface area contributed by atoms with Crippen molar-refractivity contribution >= 4 is 17.7 Å². The van der Waals surface area contributed by atoms with Crippen molar-refractivity contribution in [1.29, 1.82) is 0 Å². The average Bonchev–Trinajstić information content (AvgIpc) is 2.74. The first kappa shape index (κ1) is 19.0. The number of nitrogens with zero attached hydrogens (tertiary/aromatic N) is 1. The monoisotopic (exact) mass is 375 g/mol. The van der Waals surface area contributed by atoms with Gasteiger partial charge in [-0.1, -0.05) is 78.9 Å². The average molecular weight is 375 g/mol. The number of amides is 2. The fraction of sp³-hybridized carbons (Fsp3) is 0.0909. The number of rotatable bonds is 7. The van der Waals surface area contributed by atoms with E-state index in [9.17, 15) is 14.7 Å². The van der Waals surface area contributed by atoms with Gasteiger partial charge in [0, 0.05) is 0 Å². The van der Waals surface area contributed by atoms with Crippen LogP contribution in [0, 0.1) is 0 Å². The summed E-state index contributed by atoms with van der Waals surface area (Å²) < 4.78 is 0. The Bertz CT molecular complexity index is 902. The lowest BCUT2D eigenvalue weighted by Crippen LogP contribution is -2.44. The van der Waals surface area contributed by atoms with E-state index in [2.05, 4.69) is 10.9 Å². The molecule has 0 aliphatic carbocycles. The summed E-state index contributed by atoms with van der Waals surface area (Å²) in [6, 6.07) is 26.2. The molecule has 6 nitrogen and oxygen atoms in total. The van der Waals surface area contributed by atoms with Crippen molar-refractivity contribution in [2.75, 3.05) is 5.43 Å². The van der Waals surface area contributed by atoms with Gasteiger partial charge in [0.1, 0.15) is 6.04 Å². The fourth-order valence-electron chi connectivity index (χ4n) is 2.88. The third-order valence-corrected chi connectivity index (χ3v) is 4.22. The quantitative estimate of drug-likeness (QED) is 0.544. The van der Waals surface area contributed by atoms with Crippen molar-refractivity contribution < 1.29 is 14.7 Å². The first-order valence-electron chi connectivity index (χ1n) is 8.84. The van der Waals surface area contributed by atoms with Crippen LogP contribution in [0.2, 0.25) is 0 Å². The number of hydrogen-bond acceptors (Lipinski definition) is 3. The number of carbonyl (C=O) groups excluding carboxylic acids is 1. The standard InChI is InChI=1S/C22H21N3O3/c26-21(24-23-19-14-8-3-9-15-19)20(18-12-6-2-7-13-18)25(22(27)28)16-17-10-4-1-5-11-17/h1-15,20,23H,16H2,(H,24,26)(H,27,28). The number of benzene rings is 3. The summed E-state index contributed by atoms with van der Waals surface area (Å²) >= 11 is 0. The van der Waals surface area contributed by atoms with E-state index >= 15 is 0 Å². The Hall–Kier alpha value is -3.80. The molecule has 0 radical (unpaired) electrons. The molecule has 0 spiro atoms. The van der Waals surface area contributed by atoms with E-state index in [1.165, 1.54) is 0 Å². The van der Waals surface area contributed by atoms with Crippen molar-refractivity contribution in [2.45, 2.75) is 12.6 Å². The molecular weight excluding hydrogens is 354 g/mol. The van der Waals surface area contributed by atoms with Gasteiger partial charge in [0.15, 0.2) is 0 Å². The molecule has 3 rings (SSSR count). The Balaban J connectivity index is 1.86. The number of nitrogens with one attached hydrogen (secondary N) is 2. The van der Waals surface area contributed by atoms with Gasteiger partial charge in [-0.25, -0.2) is 4.79 Å². The molecule has 142 valence electrons. The molecule has 3 aromatic carbocycles. The summed E-state index contributed by atoms with van der Waals surface area (Å²) in [6.07, 6.45) is -1.17. The fourth-order valence-corrected chi connectivity index (χ4v) is 2.88. The highest BCUT2D eigenvalue weighted by atomic mass is 16.4. The van der Waals surface area contributed by atoms with Crippen molar-refractivity contribution in [3.8, 4) is 0 Å². The number of carbonyl (C=O) groups is 2. The minimum absolute atomic E-state index is 0.0918. The largest absolute Gasteiger partial charge is 0.465 e. The van der Waals surface area contributed by atoms with Crippen LogP contribution in [0.4, 0.5) is 10.5 Å². The molecule has 0 aliphatic heterocycles. The normalized spacial score (nSPS) is 11.3. The van der Waals surface area contributed by atoms with Crippen molar-refractivity contribution in [2.24, 2.45) is 0 Å². The van der Waals surface area contributed by atoms with Gasteiger partial charge >= 0.3 is 6.09 Å². The maximum atomic E-state index is 13.0. The van der Waals surface area contributed by atoms with Crippen LogP contribution in [0.15, 0.2) is 91.0 Å². The third kappa shape index (κ3) is 4.88. The number of anilines is 1. The summed E-state index contributed by atoms with van der Waals surface area (Å²) in [5, 5.41) is 9.83. The second kappa shape index (κ2) is 9.23. The van der Waals surface area contributed by atoms with Gasteiger partial charge in [0.2, 0.25) is 0 Å². The van der Waals surface area contributed by atoms with Crippen LogP contribution >= 0.6 is 0 Å². The minimum Gasteiger partial charge on any atom is -0.465 e. The van der Waals surface area contributed by atoms with E-state index in [1.807, 2.05) is 54.6 Å². The molecule has 1 unspecified atom stereocenters. The van der Waals surface area contributed by atoms with Gasteiger partial charge in [-0.3, -0.25) is 20.5 Å². The predicted octanol–water partition coefficient (Wildman–Crippen LogP) is 4.05. The molecule has 0 fully saturated rings. The lowest BCUT2D eigenvalue weighted by molar-refractivity contribution is -0.125. The second-order valence-electron chi connectivity index (χ2n) is 6.19. The summed E-state index contributed by atoms with van der Waals surface area (Å²) in [7, 11) is 0. The summed E-state index contributed by atoms with van der Waals surface area (Å²) in [5.74, 6) is -0.464. The van der Waals surface area contributed by atoms with Crippen LogP contribution < -0.4 is 10.9 Å². The molecule has 0 bridgehead atoms. The van der Waals surface area contributed by atoms with Gasteiger partial charge in [-0.2, -0.15) is 0 Å². The molecule has 3 N–H and O–H groups in total. The second-order valence-corrected chi connectivity index (χ2v) is 6.19. The molecule has 28 heavy (non-hydrogen) atoms. The number of para-hydroxylation sites is 1. The van der Waals surface area contributed by atoms with Gasteiger partial charge in [0.25, 0.3) is 5.91 Å². The van der Waals surface area contributed by atoms with Crippen LogP contribution in [0.25, 0.3) is 0 Å². The van der Waals surface area contributed by atoms with Gasteiger partial charge in [0.05, 0.1) is 12.2 Å². The number of hydrogen-bond donors (Lipinski definition) is 3. The lowest BCUT2D eigenvalue weighted by atomic mass is 10.0. The molecule has 6 heteroatoms. The predicted molar refractivity (Wildman–Crippen MR) is 107 cm³/mol. The summed E-state index contributed by atoms with van der Waals surface area (Å²) in [5.41, 5.74) is 7.55. The van der Waals surface area contributed by atoms with Crippen LogP contribution in [0.5, 0.6) is 0 Å². The van der Waals surface area contributed by atoms with Crippen LogP contribution in [0.1, 0.15) is 17.2 Å². The van der Waals surface area contributed by atoms with Crippen LogP contribution in [-0.4, -0.2) is 22.0 Å². The highest BCUT2D eigenvalue weighted by Crippen LogP contribution is 2.23. The van der Waals surface area contributed by atoms with Gasteiger partial charge in [-0.15, -0.1) is 0 Å². The highest BCUT2D eigenvalue weighted by Gasteiger charge is 2.31. The molecule has 0 heterocycles. The number of carboxylic acid groups (broad SMARTS) is 1. The van der Waals surface area contributed by atoms with Gasteiger partial charge < -0.3 is 5.11 Å². The molecular formula is C22H21N3O3. The summed E-state index contributed by atoms with van der Waals surface area (Å²) in [4.78, 5) is 26.1. The Morgan fingerprint density at radius 3 is 1.93 bits per heavy atom. The minimum atomic E-state index is -1.17. The molecule has 1 atom stereocenters. The molecule has 0 saturated heterocycles. The molecule has 0 saturated carbocycles. The molecule has 0 aromatic heterocycles. The Morgan fingerprint density at radius 2 is 1.36 bits per heavy atom. The third-order valence-electron chi connectivity index (χ3n) is 4.22. The zero-order valence-corrected chi connectivity index (χ0v) is 15.2. The summed E-state index contributed by atoms with van der Waals surface area (Å²) in [6.45, 7) is 0.0918. The van der Waals surface area contributed by atoms with E-state index in [1.54, 1.807) is 36.4 Å². The van der Waals surface area contributed by atoms with Crippen molar-refractivity contribution in [1.82, 2.24) is 10.3 Å². The SMILES string of the molecule is O=C(NNc1ccccc1)C(c1ccccc1)N(Cc1ccccc1)C(=O)O. The van der Waals surface area contributed by atoms with E-state index in [0.717, 1.165) is 10.5 Å². The Kier molecular flexibility index (Phi) is 6.25.